The van der Waals surface area contributed by atoms with E-state index in [1.165, 1.54) is 0 Å². The van der Waals surface area contributed by atoms with Crippen LogP contribution < -0.4 is 10.6 Å². The molecule has 3 rings (SSSR count). The Morgan fingerprint density at radius 3 is 2.29 bits per heavy atom. The van der Waals surface area contributed by atoms with Gasteiger partial charge in [0.25, 0.3) is 0 Å². The van der Waals surface area contributed by atoms with Crippen molar-refractivity contribution in [1.29, 1.82) is 0 Å². The smallest absolute Gasteiger partial charge is 0.226 e. The van der Waals surface area contributed by atoms with Crippen molar-refractivity contribution in [2.45, 2.75) is 19.3 Å². The van der Waals surface area contributed by atoms with Gasteiger partial charge in [-0.05, 0) is 42.8 Å². The zero-order chi connectivity index (χ0) is 16.8. The van der Waals surface area contributed by atoms with Crippen molar-refractivity contribution in [2.24, 2.45) is 0 Å². The predicted molar refractivity (Wildman–Crippen MR) is 95.2 cm³/mol. The summed E-state index contributed by atoms with van der Waals surface area (Å²) in [5.41, 5.74) is 2.73. The van der Waals surface area contributed by atoms with Crippen molar-refractivity contribution in [3.05, 3.63) is 54.6 Å². The topological polar surface area (TPSA) is 61.4 Å². The van der Waals surface area contributed by atoms with Gasteiger partial charge in [-0.15, -0.1) is 0 Å². The van der Waals surface area contributed by atoms with Crippen molar-refractivity contribution in [3.8, 4) is 0 Å². The number of anilines is 3. The molecule has 0 saturated carbocycles. The third kappa shape index (κ3) is 4.35. The molecule has 0 radical (unpaired) electrons. The SMILES string of the molecule is O=C(CCN1CCCC1=O)Nc1ccc(Nc2ccccc2)cc1. The van der Waals surface area contributed by atoms with Crippen LogP contribution in [-0.4, -0.2) is 29.8 Å². The van der Waals surface area contributed by atoms with Gasteiger partial charge >= 0.3 is 0 Å². The molecule has 5 nitrogen and oxygen atoms in total. The first-order valence-electron chi connectivity index (χ1n) is 8.20. The standard InChI is InChI=1S/C19H21N3O2/c23-18(12-14-22-13-4-7-19(22)24)21-17-10-8-16(9-11-17)20-15-5-2-1-3-6-15/h1-3,5-6,8-11,20H,4,7,12-14H2,(H,21,23). The maximum Gasteiger partial charge on any atom is 0.226 e. The Bertz CT molecular complexity index is 698. The Morgan fingerprint density at radius 1 is 0.958 bits per heavy atom. The lowest BCUT2D eigenvalue weighted by Crippen LogP contribution is -2.28. The first-order valence-corrected chi connectivity index (χ1v) is 8.20. The molecule has 0 bridgehead atoms. The molecule has 2 aromatic rings. The summed E-state index contributed by atoms with van der Waals surface area (Å²) in [6, 6.07) is 17.5. The van der Waals surface area contributed by atoms with Gasteiger partial charge in [-0.25, -0.2) is 0 Å². The molecule has 0 aromatic heterocycles. The molecule has 0 spiro atoms. The Balaban J connectivity index is 1.48. The van der Waals surface area contributed by atoms with Crippen LogP contribution in [0.3, 0.4) is 0 Å². The van der Waals surface area contributed by atoms with E-state index in [4.69, 9.17) is 0 Å². The van der Waals surface area contributed by atoms with Crippen molar-refractivity contribution in [2.75, 3.05) is 23.7 Å². The maximum atomic E-state index is 12.0. The number of hydrogen-bond donors (Lipinski definition) is 2. The van der Waals surface area contributed by atoms with Crippen LogP contribution in [0.4, 0.5) is 17.1 Å². The first-order chi connectivity index (χ1) is 11.7. The van der Waals surface area contributed by atoms with Crippen molar-refractivity contribution in [3.63, 3.8) is 0 Å². The molecule has 2 aromatic carbocycles. The number of carbonyl (C=O) groups is 2. The van der Waals surface area contributed by atoms with Gasteiger partial charge in [0.15, 0.2) is 0 Å². The highest BCUT2D eigenvalue weighted by Crippen LogP contribution is 2.19. The second-order valence-corrected chi connectivity index (χ2v) is 5.85. The van der Waals surface area contributed by atoms with Crippen LogP contribution in [0.15, 0.2) is 54.6 Å². The average Bonchev–Trinajstić information content (AvgIpc) is 3.01. The van der Waals surface area contributed by atoms with Crippen molar-refractivity contribution in [1.82, 2.24) is 4.90 Å². The predicted octanol–water partition coefficient (Wildman–Crippen LogP) is 3.38. The number of likely N-dealkylation sites (tertiary alicyclic amines) is 1. The zero-order valence-corrected chi connectivity index (χ0v) is 13.5. The van der Waals surface area contributed by atoms with Crippen molar-refractivity contribution < 1.29 is 9.59 Å². The van der Waals surface area contributed by atoms with E-state index < -0.39 is 0 Å². The van der Waals surface area contributed by atoms with E-state index in [2.05, 4.69) is 10.6 Å². The fourth-order valence-corrected chi connectivity index (χ4v) is 2.73. The number of benzene rings is 2. The highest BCUT2D eigenvalue weighted by atomic mass is 16.2. The lowest BCUT2D eigenvalue weighted by Gasteiger charge is -2.15. The van der Waals surface area contributed by atoms with Gasteiger partial charge in [-0.2, -0.15) is 0 Å². The summed E-state index contributed by atoms with van der Waals surface area (Å²) >= 11 is 0. The molecule has 1 saturated heterocycles. The molecule has 2 amide bonds. The summed E-state index contributed by atoms with van der Waals surface area (Å²) in [6.07, 6.45) is 1.84. The van der Waals surface area contributed by atoms with Crippen LogP contribution in [0.5, 0.6) is 0 Å². The summed E-state index contributed by atoms with van der Waals surface area (Å²) in [7, 11) is 0. The summed E-state index contributed by atoms with van der Waals surface area (Å²) in [4.78, 5) is 25.3. The fraction of sp³-hybridized carbons (Fsp3) is 0.263. The van der Waals surface area contributed by atoms with E-state index in [1.807, 2.05) is 54.6 Å². The van der Waals surface area contributed by atoms with Gasteiger partial charge in [0, 0.05) is 43.0 Å². The highest BCUT2D eigenvalue weighted by molar-refractivity contribution is 5.91. The molecule has 5 heteroatoms. The summed E-state index contributed by atoms with van der Waals surface area (Å²) in [6.45, 7) is 1.27. The van der Waals surface area contributed by atoms with Gasteiger partial charge in [-0.1, -0.05) is 18.2 Å². The van der Waals surface area contributed by atoms with Gasteiger partial charge in [0.05, 0.1) is 0 Å². The van der Waals surface area contributed by atoms with Crippen LogP contribution in [0.25, 0.3) is 0 Å². The molecule has 124 valence electrons. The number of hydrogen-bond acceptors (Lipinski definition) is 3. The number of carbonyl (C=O) groups excluding carboxylic acids is 2. The lowest BCUT2D eigenvalue weighted by molar-refractivity contribution is -0.128. The number of rotatable bonds is 6. The van der Waals surface area contributed by atoms with Crippen LogP contribution in [0.2, 0.25) is 0 Å². The Labute approximate surface area is 141 Å². The van der Waals surface area contributed by atoms with Gasteiger partial charge < -0.3 is 15.5 Å². The van der Waals surface area contributed by atoms with Gasteiger partial charge in [-0.3, -0.25) is 9.59 Å². The monoisotopic (exact) mass is 323 g/mol. The lowest BCUT2D eigenvalue weighted by atomic mass is 10.2. The van der Waals surface area contributed by atoms with E-state index >= 15 is 0 Å². The Morgan fingerprint density at radius 2 is 1.62 bits per heavy atom. The van der Waals surface area contributed by atoms with E-state index in [1.54, 1.807) is 4.90 Å². The van der Waals surface area contributed by atoms with Gasteiger partial charge in [0.1, 0.15) is 0 Å². The molecule has 0 unspecified atom stereocenters. The molecule has 1 aliphatic rings. The van der Waals surface area contributed by atoms with Crippen LogP contribution >= 0.6 is 0 Å². The summed E-state index contributed by atoms with van der Waals surface area (Å²) in [5, 5.41) is 6.16. The van der Waals surface area contributed by atoms with E-state index in [-0.39, 0.29) is 11.8 Å². The largest absolute Gasteiger partial charge is 0.356 e. The highest BCUT2D eigenvalue weighted by Gasteiger charge is 2.20. The minimum atomic E-state index is -0.0709. The Hall–Kier alpha value is -2.82. The number of nitrogens with one attached hydrogen (secondary N) is 2. The number of nitrogens with zero attached hydrogens (tertiary/aromatic N) is 1. The minimum absolute atomic E-state index is 0.0709. The Kier molecular flexibility index (Phi) is 5.11. The first kappa shape index (κ1) is 16.1. The summed E-state index contributed by atoms with van der Waals surface area (Å²) < 4.78 is 0. The van der Waals surface area contributed by atoms with Crippen LogP contribution in [-0.2, 0) is 9.59 Å². The van der Waals surface area contributed by atoms with Crippen molar-refractivity contribution >= 4 is 28.9 Å². The van der Waals surface area contributed by atoms with E-state index in [9.17, 15) is 9.59 Å². The molecule has 0 aliphatic carbocycles. The molecule has 1 heterocycles. The molecule has 0 atom stereocenters. The molecular weight excluding hydrogens is 302 g/mol. The number of para-hydroxylation sites is 1. The van der Waals surface area contributed by atoms with Crippen LogP contribution in [0, 0.1) is 0 Å². The van der Waals surface area contributed by atoms with E-state index in [0.29, 0.717) is 19.4 Å². The third-order valence-corrected chi connectivity index (χ3v) is 4.01. The second kappa shape index (κ2) is 7.64. The minimum Gasteiger partial charge on any atom is -0.356 e. The molecule has 2 N–H and O–H groups in total. The normalized spacial score (nSPS) is 13.8. The average molecular weight is 323 g/mol. The molecule has 1 fully saturated rings. The third-order valence-electron chi connectivity index (χ3n) is 4.01. The molecule has 1 aliphatic heterocycles. The quantitative estimate of drug-likeness (QED) is 0.856. The fourth-order valence-electron chi connectivity index (χ4n) is 2.73. The van der Waals surface area contributed by atoms with E-state index in [0.717, 1.165) is 30.0 Å². The van der Waals surface area contributed by atoms with Crippen LogP contribution in [0.1, 0.15) is 19.3 Å². The number of amides is 2. The van der Waals surface area contributed by atoms with Gasteiger partial charge in [0.2, 0.25) is 11.8 Å². The zero-order valence-electron chi connectivity index (χ0n) is 13.5. The molecule has 24 heavy (non-hydrogen) atoms. The molecular formula is C19H21N3O2. The summed E-state index contributed by atoms with van der Waals surface area (Å²) in [5.74, 6) is 0.0811. The second-order valence-electron chi connectivity index (χ2n) is 5.85. The maximum absolute atomic E-state index is 12.0.